The SMILES string of the molecule is CC(C)C(N)C(=O)c1ccc(N)cc1. The van der Waals surface area contributed by atoms with Crippen molar-refractivity contribution in [3.63, 3.8) is 0 Å². The molecule has 76 valence electrons. The zero-order valence-electron chi connectivity index (χ0n) is 8.53. The summed E-state index contributed by atoms with van der Waals surface area (Å²) in [5.41, 5.74) is 12.5. The van der Waals surface area contributed by atoms with E-state index >= 15 is 0 Å². The van der Waals surface area contributed by atoms with E-state index in [1.165, 1.54) is 0 Å². The molecular weight excluding hydrogens is 176 g/mol. The molecule has 0 aliphatic carbocycles. The minimum atomic E-state index is -0.432. The summed E-state index contributed by atoms with van der Waals surface area (Å²) in [4.78, 5) is 11.7. The average molecular weight is 192 g/mol. The van der Waals surface area contributed by atoms with Crippen LogP contribution >= 0.6 is 0 Å². The lowest BCUT2D eigenvalue weighted by molar-refractivity contribution is 0.0940. The van der Waals surface area contributed by atoms with Gasteiger partial charge in [-0.1, -0.05) is 13.8 Å². The number of hydrogen-bond acceptors (Lipinski definition) is 3. The van der Waals surface area contributed by atoms with Crippen LogP contribution in [0.4, 0.5) is 5.69 Å². The number of nitrogen functional groups attached to an aromatic ring is 1. The van der Waals surface area contributed by atoms with Gasteiger partial charge in [-0.25, -0.2) is 0 Å². The van der Waals surface area contributed by atoms with Crippen LogP contribution in [0.1, 0.15) is 24.2 Å². The molecule has 0 saturated carbocycles. The Hall–Kier alpha value is -1.35. The zero-order valence-corrected chi connectivity index (χ0v) is 8.53. The van der Waals surface area contributed by atoms with Gasteiger partial charge in [0.05, 0.1) is 6.04 Å². The molecule has 0 saturated heterocycles. The summed E-state index contributed by atoms with van der Waals surface area (Å²) in [5.74, 6) is 0.125. The fraction of sp³-hybridized carbons (Fsp3) is 0.364. The van der Waals surface area contributed by atoms with Crippen LogP contribution in [0.2, 0.25) is 0 Å². The van der Waals surface area contributed by atoms with Crippen molar-refractivity contribution >= 4 is 11.5 Å². The van der Waals surface area contributed by atoms with E-state index in [0.29, 0.717) is 11.3 Å². The Morgan fingerprint density at radius 1 is 1.21 bits per heavy atom. The molecule has 0 bridgehead atoms. The van der Waals surface area contributed by atoms with E-state index in [1.54, 1.807) is 24.3 Å². The van der Waals surface area contributed by atoms with E-state index in [-0.39, 0.29) is 11.7 Å². The minimum Gasteiger partial charge on any atom is -0.399 e. The van der Waals surface area contributed by atoms with Crippen LogP contribution in [-0.4, -0.2) is 11.8 Å². The Morgan fingerprint density at radius 3 is 2.14 bits per heavy atom. The third kappa shape index (κ3) is 2.33. The van der Waals surface area contributed by atoms with Crippen LogP contribution in [0.25, 0.3) is 0 Å². The van der Waals surface area contributed by atoms with Crippen molar-refractivity contribution < 1.29 is 4.79 Å². The molecule has 0 radical (unpaired) electrons. The summed E-state index contributed by atoms with van der Waals surface area (Å²) in [6, 6.07) is 6.40. The molecule has 0 aromatic heterocycles. The predicted octanol–water partition coefficient (Wildman–Crippen LogP) is 1.43. The molecule has 0 heterocycles. The van der Waals surface area contributed by atoms with Gasteiger partial charge in [0.25, 0.3) is 0 Å². The van der Waals surface area contributed by atoms with Crippen molar-refractivity contribution in [1.29, 1.82) is 0 Å². The lowest BCUT2D eigenvalue weighted by Gasteiger charge is -2.13. The first-order chi connectivity index (χ1) is 6.52. The van der Waals surface area contributed by atoms with Gasteiger partial charge in [-0.15, -0.1) is 0 Å². The fourth-order valence-corrected chi connectivity index (χ4v) is 1.14. The maximum absolute atomic E-state index is 11.7. The van der Waals surface area contributed by atoms with E-state index < -0.39 is 6.04 Å². The Bertz CT molecular complexity index is 317. The highest BCUT2D eigenvalue weighted by Crippen LogP contribution is 2.10. The highest BCUT2D eigenvalue weighted by Gasteiger charge is 2.18. The molecule has 1 atom stereocenters. The van der Waals surface area contributed by atoms with Gasteiger partial charge in [0.2, 0.25) is 0 Å². The number of carbonyl (C=O) groups excluding carboxylic acids is 1. The van der Waals surface area contributed by atoms with Crippen LogP contribution in [-0.2, 0) is 0 Å². The topological polar surface area (TPSA) is 69.1 Å². The molecule has 0 amide bonds. The van der Waals surface area contributed by atoms with Gasteiger partial charge in [-0.2, -0.15) is 0 Å². The molecule has 0 aliphatic heterocycles. The smallest absolute Gasteiger partial charge is 0.179 e. The second-order valence-corrected chi connectivity index (χ2v) is 3.76. The van der Waals surface area contributed by atoms with Gasteiger partial charge in [-0.05, 0) is 30.2 Å². The van der Waals surface area contributed by atoms with Crippen molar-refractivity contribution in [1.82, 2.24) is 0 Å². The molecule has 1 aromatic carbocycles. The van der Waals surface area contributed by atoms with Crippen LogP contribution in [0.5, 0.6) is 0 Å². The first-order valence-electron chi connectivity index (χ1n) is 4.67. The van der Waals surface area contributed by atoms with Crippen LogP contribution in [0, 0.1) is 5.92 Å². The summed E-state index contributed by atoms with van der Waals surface area (Å²) >= 11 is 0. The highest BCUT2D eigenvalue weighted by atomic mass is 16.1. The second kappa shape index (κ2) is 4.24. The monoisotopic (exact) mass is 192 g/mol. The van der Waals surface area contributed by atoms with Gasteiger partial charge < -0.3 is 11.5 Å². The number of hydrogen-bond donors (Lipinski definition) is 2. The third-order valence-corrected chi connectivity index (χ3v) is 2.22. The Morgan fingerprint density at radius 2 is 1.71 bits per heavy atom. The van der Waals surface area contributed by atoms with Gasteiger partial charge in [0, 0.05) is 11.3 Å². The Balaban J connectivity index is 2.84. The number of nitrogens with two attached hydrogens (primary N) is 2. The van der Waals surface area contributed by atoms with Gasteiger partial charge in [-0.3, -0.25) is 4.79 Å². The van der Waals surface area contributed by atoms with E-state index in [1.807, 2.05) is 13.8 Å². The predicted molar refractivity (Wildman–Crippen MR) is 58.0 cm³/mol. The van der Waals surface area contributed by atoms with E-state index in [0.717, 1.165) is 0 Å². The minimum absolute atomic E-state index is 0.0278. The Labute approximate surface area is 84.1 Å². The maximum atomic E-state index is 11.7. The Kier molecular flexibility index (Phi) is 3.25. The van der Waals surface area contributed by atoms with Crippen molar-refractivity contribution in [3.05, 3.63) is 29.8 Å². The number of anilines is 1. The molecule has 14 heavy (non-hydrogen) atoms. The molecule has 0 aliphatic rings. The largest absolute Gasteiger partial charge is 0.399 e. The summed E-state index contributed by atoms with van der Waals surface area (Å²) in [7, 11) is 0. The normalized spacial score (nSPS) is 12.9. The average Bonchev–Trinajstić information content (AvgIpc) is 2.16. The van der Waals surface area contributed by atoms with Crippen molar-refractivity contribution in [2.24, 2.45) is 11.7 Å². The van der Waals surface area contributed by atoms with Crippen molar-refractivity contribution in [3.8, 4) is 0 Å². The zero-order chi connectivity index (χ0) is 10.7. The third-order valence-electron chi connectivity index (χ3n) is 2.22. The standard InChI is InChI=1S/C11H16N2O/c1-7(2)10(13)11(14)8-3-5-9(12)6-4-8/h3-7,10H,12-13H2,1-2H3. The number of Topliss-reactive ketones (excluding diaryl/α,β-unsaturated/α-hetero) is 1. The first-order valence-corrected chi connectivity index (χ1v) is 4.67. The number of ketones is 1. The van der Waals surface area contributed by atoms with Crippen molar-refractivity contribution in [2.75, 3.05) is 5.73 Å². The van der Waals surface area contributed by atoms with Gasteiger partial charge in [0.15, 0.2) is 5.78 Å². The van der Waals surface area contributed by atoms with Gasteiger partial charge >= 0.3 is 0 Å². The lowest BCUT2D eigenvalue weighted by atomic mass is 9.96. The summed E-state index contributed by atoms with van der Waals surface area (Å²) in [6.45, 7) is 3.86. The molecular formula is C11H16N2O. The van der Waals surface area contributed by atoms with Crippen LogP contribution in [0.3, 0.4) is 0 Å². The molecule has 0 spiro atoms. The molecule has 0 fully saturated rings. The lowest BCUT2D eigenvalue weighted by Crippen LogP contribution is -2.35. The van der Waals surface area contributed by atoms with Crippen molar-refractivity contribution in [2.45, 2.75) is 19.9 Å². The quantitative estimate of drug-likeness (QED) is 0.562. The summed E-state index contributed by atoms with van der Waals surface area (Å²) < 4.78 is 0. The second-order valence-electron chi connectivity index (χ2n) is 3.76. The van der Waals surface area contributed by atoms with Crippen LogP contribution in [0.15, 0.2) is 24.3 Å². The summed E-state index contributed by atoms with van der Waals surface area (Å²) in [5, 5.41) is 0. The van der Waals surface area contributed by atoms with E-state index in [9.17, 15) is 4.79 Å². The first kappa shape index (κ1) is 10.7. The fourth-order valence-electron chi connectivity index (χ4n) is 1.14. The molecule has 1 unspecified atom stereocenters. The molecule has 4 N–H and O–H groups in total. The van der Waals surface area contributed by atoms with Crippen LogP contribution < -0.4 is 11.5 Å². The molecule has 3 heteroatoms. The van der Waals surface area contributed by atoms with E-state index in [4.69, 9.17) is 11.5 Å². The maximum Gasteiger partial charge on any atom is 0.179 e. The highest BCUT2D eigenvalue weighted by molar-refractivity contribution is 6.00. The number of carbonyl (C=O) groups is 1. The molecule has 1 aromatic rings. The summed E-state index contributed by atoms with van der Waals surface area (Å²) in [6.07, 6.45) is 0. The van der Waals surface area contributed by atoms with E-state index in [2.05, 4.69) is 0 Å². The molecule has 3 nitrogen and oxygen atoms in total. The number of benzene rings is 1. The number of rotatable bonds is 3. The molecule has 1 rings (SSSR count). The van der Waals surface area contributed by atoms with Gasteiger partial charge in [0.1, 0.15) is 0 Å².